The molecule has 0 saturated carbocycles. The number of nitrogens with zero attached hydrogens (tertiary/aromatic N) is 1. The average Bonchev–Trinajstić information content (AvgIpc) is 2.60. The number of benzene rings is 1. The molecule has 15 heavy (non-hydrogen) atoms. The Morgan fingerprint density at radius 1 is 1.47 bits per heavy atom. The fourth-order valence-corrected chi connectivity index (χ4v) is 2.07. The second-order valence-corrected chi connectivity index (χ2v) is 4.26. The zero-order valence-corrected chi connectivity index (χ0v) is 9.58. The molecule has 1 aliphatic rings. The molecule has 1 atom stereocenters. The van der Waals surface area contributed by atoms with Crippen LogP contribution < -0.4 is 10.1 Å². The summed E-state index contributed by atoms with van der Waals surface area (Å²) in [7, 11) is 5.91. The molecule has 3 nitrogen and oxygen atoms in total. The minimum absolute atomic E-state index is 0.459. The van der Waals surface area contributed by atoms with Crippen LogP contribution in [0.1, 0.15) is 17.2 Å². The first-order chi connectivity index (χ1) is 7.20. The summed E-state index contributed by atoms with van der Waals surface area (Å²) in [6.45, 7) is 1.99. The Bertz CT molecular complexity index is 349. The third-order valence-corrected chi connectivity index (χ3v) is 2.81. The largest absolute Gasteiger partial charge is 0.497 e. The van der Waals surface area contributed by atoms with E-state index in [1.807, 2.05) is 6.07 Å². The molecule has 0 unspecified atom stereocenters. The van der Waals surface area contributed by atoms with Crippen molar-refractivity contribution in [3.63, 3.8) is 0 Å². The molecule has 82 valence electrons. The van der Waals surface area contributed by atoms with Crippen molar-refractivity contribution in [2.45, 2.75) is 12.6 Å². The second kappa shape index (κ2) is 4.21. The van der Waals surface area contributed by atoms with Crippen LogP contribution in [0.3, 0.4) is 0 Å². The van der Waals surface area contributed by atoms with E-state index >= 15 is 0 Å². The van der Waals surface area contributed by atoms with Gasteiger partial charge in [0.15, 0.2) is 0 Å². The van der Waals surface area contributed by atoms with E-state index in [0.717, 1.165) is 18.8 Å². The highest BCUT2D eigenvalue weighted by Gasteiger charge is 2.22. The summed E-state index contributed by atoms with van der Waals surface area (Å²) in [4.78, 5) is 2.21. The van der Waals surface area contributed by atoms with Crippen LogP contribution in [0.4, 0.5) is 0 Å². The third kappa shape index (κ3) is 2.13. The highest BCUT2D eigenvalue weighted by atomic mass is 16.5. The molecule has 1 heterocycles. The van der Waals surface area contributed by atoms with Gasteiger partial charge in [0.05, 0.1) is 7.11 Å². The van der Waals surface area contributed by atoms with Gasteiger partial charge >= 0.3 is 0 Å². The average molecular weight is 206 g/mol. The highest BCUT2D eigenvalue weighted by molar-refractivity contribution is 5.40. The van der Waals surface area contributed by atoms with Gasteiger partial charge in [-0.25, -0.2) is 0 Å². The van der Waals surface area contributed by atoms with E-state index in [9.17, 15) is 0 Å². The maximum atomic E-state index is 5.22. The number of hydrogen-bond donors (Lipinski definition) is 1. The summed E-state index contributed by atoms with van der Waals surface area (Å²) in [5, 5.41) is 3.51. The highest BCUT2D eigenvalue weighted by Crippen LogP contribution is 2.28. The van der Waals surface area contributed by atoms with Crippen molar-refractivity contribution >= 4 is 0 Å². The molecule has 1 aromatic rings. The Hall–Kier alpha value is -1.06. The smallest absolute Gasteiger partial charge is 0.119 e. The molecule has 0 fully saturated rings. The number of ether oxygens (including phenoxy) is 1. The molecule has 0 amide bonds. The number of fused-ring (bicyclic) bond motifs is 1. The summed E-state index contributed by atoms with van der Waals surface area (Å²) in [6, 6.07) is 6.79. The quantitative estimate of drug-likeness (QED) is 0.809. The van der Waals surface area contributed by atoms with Crippen LogP contribution in [0.25, 0.3) is 0 Å². The molecule has 1 aliphatic heterocycles. The summed E-state index contributed by atoms with van der Waals surface area (Å²) in [6.07, 6.45) is 0. The normalized spacial score (nSPS) is 19.3. The molecule has 0 spiro atoms. The Kier molecular flexibility index (Phi) is 2.93. The van der Waals surface area contributed by atoms with Crippen LogP contribution in [0, 0.1) is 0 Å². The SMILES string of the molecule is COc1ccc2c(c1)CN[C@H]2CN(C)C. The number of nitrogens with one attached hydrogen (secondary N) is 1. The molecule has 0 aromatic heterocycles. The zero-order chi connectivity index (χ0) is 10.8. The predicted octanol–water partition coefficient (Wildman–Crippen LogP) is 1.40. The summed E-state index contributed by atoms with van der Waals surface area (Å²) >= 11 is 0. The van der Waals surface area contributed by atoms with Crippen molar-refractivity contribution in [1.82, 2.24) is 10.2 Å². The zero-order valence-electron chi connectivity index (χ0n) is 9.58. The minimum atomic E-state index is 0.459. The minimum Gasteiger partial charge on any atom is -0.497 e. The lowest BCUT2D eigenvalue weighted by Crippen LogP contribution is -2.26. The Morgan fingerprint density at radius 2 is 2.27 bits per heavy atom. The maximum absolute atomic E-state index is 5.22. The van der Waals surface area contributed by atoms with Gasteiger partial charge in [0.1, 0.15) is 5.75 Å². The topological polar surface area (TPSA) is 24.5 Å². The summed E-state index contributed by atoms with van der Waals surface area (Å²) in [5.41, 5.74) is 2.77. The van der Waals surface area contributed by atoms with Crippen molar-refractivity contribution in [2.24, 2.45) is 0 Å². The van der Waals surface area contributed by atoms with Gasteiger partial charge < -0.3 is 15.0 Å². The van der Waals surface area contributed by atoms with E-state index in [1.54, 1.807) is 7.11 Å². The van der Waals surface area contributed by atoms with Crippen LogP contribution in [0.15, 0.2) is 18.2 Å². The van der Waals surface area contributed by atoms with Gasteiger partial charge in [-0.3, -0.25) is 0 Å². The van der Waals surface area contributed by atoms with E-state index in [2.05, 4.69) is 36.4 Å². The fraction of sp³-hybridized carbons (Fsp3) is 0.500. The lowest BCUT2D eigenvalue weighted by atomic mass is 10.0. The van der Waals surface area contributed by atoms with Crippen molar-refractivity contribution < 1.29 is 4.74 Å². The molecule has 2 rings (SSSR count). The standard InChI is InChI=1S/C12H18N2O/c1-14(2)8-12-11-5-4-10(15-3)6-9(11)7-13-12/h4-6,12-13H,7-8H2,1-3H3/t12-/m0/s1. The van der Waals surface area contributed by atoms with Gasteiger partial charge in [0.25, 0.3) is 0 Å². The third-order valence-electron chi connectivity index (χ3n) is 2.81. The monoisotopic (exact) mass is 206 g/mol. The van der Waals surface area contributed by atoms with Gasteiger partial charge in [-0.2, -0.15) is 0 Å². The van der Waals surface area contributed by atoms with E-state index in [4.69, 9.17) is 4.74 Å². The van der Waals surface area contributed by atoms with Gasteiger partial charge in [0.2, 0.25) is 0 Å². The van der Waals surface area contributed by atoms with Crippen molar-refractivity contribution in [3.8, 4) is 5.75 Å². The Morgan fingerprint density at radius 3 is 2.93 bits per heavy atom. The molecule has 0 bridgehead atoms. The second-order valence-electron chi connectivity index (χ2n) is 4.26. The number of methoxy groups -OCH3 is 1. The Labute approximate surface area is 91.0 Å². The van der Waals surface area contributed by atoms with Gasteiger partial charge in [0, 0.05) is 19.1 Å². The lowest BCUT2D eigenvalue weighted by Gasteiger charge is -2.17. The van der Waals surface area contributed by atoms with E-state index in [-0.39, 0.29) is 0 Å². The van der Waals surface area contributed by atoms with E-state index < -0.39 is 0 Å². The number of hydrogen-bond acceptors (Lipinski definition) is 3. The van der Waals surface area contributed by atoms with Crippen molar-refractivity contribution in [2.75, 3.05) is 27.7 Å². The van der Waals surface area contributed by atoms with Crippen molar-refractivity contribution in [3.05, 3.63) is 29.3 Å². The summed E-state index contributed by atoms with van der Waals surface area (Å²) < 4.78 is 5.22. The molecule has 0 aliphatic carbocycles. The molecular weight excluding hydrogens is 188 g/mol. The van der Waals surface area contributed by atoms with Gasteiger partial charge in [-0.15, -0.1) is 0 Å². The predicted molar refractivity (Wildman–Crippen MR) is 61.1 cm³/mol. The molecular formula is C12H18N2O. The van der Waals surface area contributed by atoms with E-state index in [0.29, 0.717) is 6.04 Å². The first-order valence-corrected chi connectivity index (χ1v) is 5.25. The lowest BCUT2D eigenvalue weighted by molar-refractivity contribution is 0.353. The van der Waals surface area contributed by atoms with Crippen LogP contribution in [0.5, 0.6) is 5.75 Å². The molecule has 1 N–H and O–H groups in total. The van der Waals surface area contributed by atoms with Crippen LogP contribution >= 0.6 is 0 Å². The molecule has 0 radical (unpaired) electrons. The van der Waals surface area contributed by atoms with Crippen LogP contribution in [-0.2, 0) is 6.54 Å². The van der Waals surface area contributed by atoms with Crippen molar-refractivity contribution in [1.29, 1.82) is 0 Å². The molecule has 1 aromatic carbocycles. The van der Waals surface area contributed by atoms with Gasteiger partial charge in [-0.05, 0) is 37.4 Å². The molecule has 0 saturated heterocycles. The molecule has 3 heteroatoms. The maximum Gasteiger partial charge on any atom is 0.119 e. The number of rotatable bonds is 3. The fourth-order valence-electron chi connectivity index (χ4n) is 2.07. The first kappa shape index (κ1) is 10.5. The van der Waals surface area contributed by atoms with Crippen LogP contribution in [0.2, 0.25) is 0 Å². The number of likely N-dealkylation sites (N-methyl/N-ethyl adjacent to an activating group) is 1. The van der Waals surface area contributed by atoms with Crippen LogP contribution in [-0.4, -0.2) is 32.6 Å². The Balaban J connectivity index is 2.20. The van der Waals surface area contributed by atoms with E-state index in [1.165, 1.54) is 11.1 Å². The first-order valence-electron chi connectivity index (χ1n) is 5.25. The summed E-state index contributed by atoms with van der Waals surface area (Å²) in [5.74, 6) is 0.945. The van der Waals surface area contributed by atoms with Gasteiger partial charge in [-0.1, -0.05) is 6.07 Å².